The van der Waals surface area contributed by atoms with E-state index < -0.39 is 0 Å². The van der Waals surface area contributed by atoms with Crippen LogP contribution in [0.4, 0.5) is 0 Å². The van der Waals surface area contributed by atoms with Gasteiger partial charge >= 0.3 is 0 Å². The zero-order chi connectivity index (χ0) is 11.4. The van der Waals surface area contributed by atoms with Crippen molar-refractivity contribution in [1.29, 1.82) is 0 Å². The molecule has 0 spiro atoms. The zero-order valence-corrected chi connectivity index (χ0v) is 9.35. The number of hydrogen-bond acceptors (Lipinski definition) is 3. The van der Waals surface area contributed by atoms with E-state index in [9.17, 15) is 0 Å². The number of fused-ring (bicyclic) bond motifs is 1. The Labute approximate surface area is 98.4 Å². The molecule has 0 amide bonds. The van der Waals surface area contributed by atoms with Gasteiger partial charge in [-0.3, -0.25) is 0 Å². The van der Waals surface area contributed by atoms with Crippen LogP contribution in [0.3, 0.4) is 0 Å². The highest BCUT2D eigenvalue weighted by atomic mass is 35.5. The monoisotopic (exact) mass is 234 g/mol. The normalized spacial score (nSPS) is 11.4. The van der Waals surface area contributed by atoms with Crippen LogP contribution in [-0.4, -0.2) is 21.7 Å². The topological polar surface area (TPSA) is 46.0 Å². The first-order valence-electron chi connectivity index (χ1n) is 4.99. The lowest BCUT2D eigenvalue weighted by Crippen LogP contribution is -1.84. The van der Waals surface area contributed by atoms with E-state index in [2.05, 4.69) is 9.97 Å². The summed E-state index contributed by atoms with van der Waals surface area (Å²) >= 11 is 5.98. The van der Waals surface area contributed by atoms with Gasteiger partial charge in [-0.1, -0.05) is 29.8 Å². The molecule has 0 bridgehead atoms. The lowest BCUT2D eigenvalue weighted by Gasteiger charge is -2.00. The van der Waals surface area contributed by atoms with Gasteiger partial charge in [-0.2, -0.15) is 0 Å². The van der Waals surface area contributed by atoms with E-state index in [0.717, 1.165) is 16.5 Å². The molecule has 0 radical (unpaired) electrons. The van der Waals surface area contributed by atoms with Crippen LogP contribution >= 0.6 is 11.6 Å². The molecule has 16 heavy (non-hydrogen) atoms. The molecule has 82 valence electrons. The summed E-state index contributed by atoms with van der Waals surface area (Å²) in [4.78, 5) is 8.06. The van der Waals surface area contributed by atoms with Crippen molar-refractivity contribution < 1.29 is 5.11 Å². The van der Waals surface area contributed by atoms with Gasteiger partial charge in [-0.05, 0) is 24.1 Å². The van der Waals surface area contributed by atoms with Gasteiger partial charge in [0.25, 0.3) is 0 Å². The molecule has 0 saturated heterocycles. The fraction of sp³-hybridized carbons (Fsp3) is 0.167. The molecule has 0 saturated carbocycles. The lowest BCUT2D eigenvalue weighted by atomic mass is 10.1. The Bertz CT molecular complexity index is 525. The summed E-state index contributed by atoms with van der Waals surface area (Å²) in [5, 5.41) is 9.97. The number of hydrogen-bond donors (Lipinski definition) is 1. The molecule has 1 aromatic carbocycles. The Morgan fingerprint density at radius 1 is 1.31 bits per heavy atom. The average molecular weight is 235 g/mol. The van der Waals surface area contributed by atoms with Crippen LogP contribution in [0.1, 0.15) is 12.0 Å². The summed E-state index contributed by atoms with van der Waals surface area (Å²) in [6, 6.07) is 5.80. The molecule has 1 heterocycles. The standard InChI is InChI=1S/C12H11ClN2O/c13-12-10-7-9(3-1-2-6-16)4-5-11(10)14-8-15-12/h1,3-5,7-8,16H,2,6H2. The van der Waals surface area contributed by atoms with Gasteiger partial charge in [0.15, 0.2) is 0 Å². The molecule has 3 nitrogen and oxygen atoms in total. The largest absolute Gasteiger partial charge is 0.396 e. The molecule has 0 atom stereocenters. The first kappa shape index (κ1) is 11.0. The second-order valence-electron chi connectivity index (χ2n) is 3.36. The van der Waals surface area contributed by atoms with Gasteiger partial charge in [0.2, 0.25) is 0 Å². The maximum Gasteiger partial charge on any atom is 0.140 e. The minimum Gasteiger partial charge on any atom is -0.396 e. The summed E-state index contributed by atoms with van der Waals surface area (Å²) < 4.78 is 0. The van der Waals surface area contributed by atoms with Gasteiger partial charge in [0.05, 0.1) is 5.52 Å². The summed E-state index contributed by atoms with van der Waals surface area (Å²) in [6.45, 7) is 0.161. The Morgan fingerprint density at radius 3 is 3.00 bits per heavy atom. The summed E-state index contributed by atoms with van der Waals surface area (Å²) in [5.41, 5.74) is 1.86. The highest BCUT2D eigenvalue weighted by Crippen LogP contribution is 2.20. The van der Waals surface area contributed by atoms with Crippen LogP contribution in [-0.2, 0) is 0 Å². The van der Waals surface area contributed by atoms with Crippen molar-refractivity contribution in [3.63, 3.8) is 0 Å². The number of rotatable bonds is 3. The van der Waals surface area contributed by atoms with Crippen molar-refractivity contribution in [3.05, 3.63) is 41.3 Å². The number of nitrogens with zero attached hydrogens (tertiary/aromatic N) is 2. The third kappa shape index (κ3) is 2.38. The molecule has 1 N–H and O–H groups in total. The third-order valence-corrected chi connectivity index (χ3v) is 2.52. The van der Waals surface area contributed by atoms with Gasteiger partial charge in [-0.15, -0.1) is 0 Å². The second-order valence-corrected chi connectivity index (χ2v) is 3.71. The van der Waals surface area contributed by atoms with E-state index in [4.69, 9.17) is 16.7 Å². The van der Waals surface area contributed by atoms with Gasteiger partial charge in [0.1, 0.15) is 11.5 Å². The van der Waals surface area contributed by atoms with Crippen molar-refractivity contribution in [2.75, 3.05) is 6.61 Å². The molecule has 0 fully saturated rings. The Hall–Kier alpha value is -1.45. The summed E-state index contributed by atoms with van der Waals surface area (Å²) in [5.74, 6) is 0. The molecule has 0 aliphatic heterocycles. The predicted octanol–water partition coefficient (Wildman–Crippen LogP) is 2.68. The van der Waals surface area contributed by atoms with Gasteiger partial charge < -0.3 is 5.11 Å². The van der Waals surface area contributed by atoms with Gasteiger partial charge in [-0.25, -0.2) is 9.97 Å². The Balaban J connectivity index is 2.39. The number of benzene rings is 1. The smallest absolute Gasteiger partial charge is 0.140 e. The third-order valence-electron chi connectivity index (χ3n) is 2.22. The van der Waals surface area contributed by atoms with E-state index in [1.165, 1.54) is 6.33 Å². The number of aromatic nitrogens is 2. The maximum absolute atomic E-state index is 8.67. The second kappa shape index (κ2) is 5.05. The minimum absolute atomic E-state index is 0.161. The van der Waals surface area contributed by atoms with Crippen molar-refractivity contribution in [2.24, 2.45) is 0 Å². The quantitative estimate of drug-likeness (QED) is 0.831. The average Bonchev–Trinajstić information content (AvgIpc) is 2.30. The molecule has 0 unspecified atom stereocenters. The number of aliphatic hydroxyl groups is 1. The van der Waals surface area contributed by atoms with Crippen molar-refractivity contribution in [1.82, 2.24) is 9.97 Å². The SMILES string of the molecule is OCCC=Cc1ccc2ncnc(Cl)c2c1. The lowest BCUT2D eigenvalue weighted by molar-refractivity contribution is 0.303. The van der Waals surface area contributed by atoms with Crippen molar-refractivity contribution in [3.8, 4) is 0 Å². The van der Waals surface area contributed by atoms with Crippen LogP contribution < -0.4 is 0 Å². The fourth-order valence-electron chi connectivity index (χ4n) is 1.44. The first-order chi connectivity index (χ1) is 7.81. The fourth-order valence-corrected chi connectivity index (χ4v) is 1.64. The molecule has 0 aliphatic carbocycles. The van der Waals surface area contributed by atoms with Crippen LogP contribution in [0.15, 0.2) is 30.6 Å². The Kier molecular flexibility index (Phi) is 3.49. The number of aliphatic hydroxyl groups excluding tert-OH is 1. The molecular weight excluding hydrogens is 224 g/mol. The molecule has 1 aromatic heterocycles. The van der Waals surface area contributed by atoms with E-state index in [-0.39, 0.29) is 6.61 Å². The molecular formula is C12H11ClN2O. The van der Waals surface area contributed by atoms with E-state index in [1.54, 1.807) is 0 Å². The summed E-state index contributed by atoms with van der Waals surface area (Å²) in [6.07, 6.45) is 5.96. The first-order valence-corrected chi connectivity index (χ1v) is 5.37. The number of halogens is 1. The Morgan fingerprint density at radius 2 is 2.19 bits per heavy atom. The molecule has 0 aliphatic rings. The van der Waals surface area contributed by atoms with E-state index in [1.807, 2.05) is 30.4 Å². The molecule has 2 rings (SSSR count). The highest BCUT2D eigenvalue weighted by Gasteiger charge is 2.00. The van der Waals surface area contributed by atoms with E-state index >= 15 is 0 Å². The minimum atomic E-state index is 0.161. The van der Waals surface area contributed by atoms with Crippen molar-refractivity contribution >= 4 is 28.6 Å². The van der Waals surface area contributed by atoms with Gasteiger partial charge in [0, 0.05) is 12.0 Å². The van der Waals surface area contributed by atoms with Crippen LogP contribution in [0.5, 0.6) is 0 Å². The highest BCUT2D eigenvalue weighted by molar-refractivity contribution is 6.34. The van der Waals surface area contributed by atoms with Crippen LogP contribution in [0.25, 0.3) is 17.0 Å². The molecule has 2 aromatic rings. The maximum atomic E-state index is 8.67. The van der Waals surface area contributed by atoms with Crippen LogP contribution in [0.2, 0.25) is 5.15 Å². The van der Waals surface area contributed by atoms with E-state index in [0.29, 0.717) is 11.6 Å². The summed E-state index contributed by atoms with van der Waals surface area (Å²) in [7, 11) is 0. The molecule has 4 heteroatoms. The predicted molar refractivity (Wildman–Crippen MR) is 65.3 cm³/mol. The zero-order valence-electron chi connectivity index (χ0n) is 8.60. The van der Waals surface area contributed by atoms with Crippen LogP contribution in [0, 0.1) is 0 Å². The van der Waals surface area contributed by atoms with Crippen molar-refractivity contribution in [2.45, 2.75) is 6.42 Å².